The highest BCUT2D eigenvalue weighted by Gasteiger charge is 2.48. The number of allylic oxidation sites excluding steroid dienone is 2. The Balaban J connectivity index is 1.74. The summed E-state index contributed by atoms with van der Waals surface area (Å²) >= 11 is 0. The van der Waals surface area contributed by atoms with E-state index in [2.05, 4.69) is 0 Å². The van der Waals surface area contributed by atoms with Crippen molar-refractivity contribution in [2.24, 2.45) is 10.6 Å². The normalized spacial score (nSPS) is 19.0. The van der Waals surface area contributed by atoms with E-state index in [0.29, 0.717) is 0 Å². The van der Waals surface area contributed by atoms with Crippen molar-refractivity contribution in [2.45, 2.75) is 36.8 Å². The van der Waals surface area contributed by atoms with Gasteiger partial charge in [0.1, 0.15) is 0 Å². The molecule has 0 atom stereocenters. The highest BCUT2D eigenvalue weighted by Crippen LogP contribution is 2.63. The fourth-order valence-corrected chi connectivity index (χ4v) is 4.33. The van der Waals surface area contributed by atoms with Gasteiger partial charge in [0.05, 0.1) is 10.5 Å². The highest BCUT2D eigenvalue weighted by molar-refractivity contribution is 7.89. The molecule has 0 unspecified atom stereocenters. The molecule has 142 valence electrons. The molecule has 4 rings (SSSR count). The zero-order chi connectivity index (χ0) is 19.4. The number of hydrogen-bond donors (Lipinski definition) is 1. The lowest BCUT2D eigenvalue weighted by Gasteiger charge is -2.11. The summed E-state index contributed by atoms with van der Waals surface area (Å²) in [7, 11) is -3.76. The van der Waals surface area contributed by atoms with Crippen LogP contribution in [0, 0.1) is 5.41 Å². The second-order valence-corrected chi connectivity index (χ2v) is 9.02. The third kappa shape index (κ3) is 3.53. The van der Waals surface area contributed by atoms with E-state index < -0.39 is 21.8 Å². The summed E-state index contributed by atoms with van der Waals surface area (Å²) in [6, 6.07) is 11.7. The summed E-state index contributed by atoms with van der Waals surface area (Å²) in [5.74, 6) is 0. The van der Waals surface area contributed by atoms with Crippen LogP contribution in [0.5, 0.6) is 0 Å². The molecule has 0 bridgehead atoms. The molecule has 0 heterocycles. The topological polar surface area (TPSA) is 60.2 Å². The maximum atomic E-state index is 12.8. The molecule has 7 heteroatoms. The minimum atomic E-state index is -4.35. The van der Waals surface area contributed by atoms with Crippen molar-refractivity contribution in [2.75, 3.05) is 0 Å². The molecule has 0 aromatic heterocycles. The van der Waals surface area contributed by atoms with Crippen LogP contribution in [-0.2, 0) is 16.2 Å². The predicted octanol–water partition coefficient (Wildman–Crippen LogP) is 4.84. The first kappa shape index (κ1) is 18.3. The second-order valence-electron chi connectivity index (χ2n) is 7.46. The van der Waals surface area contributed by atoms with E-state index in [-0.39, 0.29) is 10.3 Å². The van der Waals surface area contributed by atoms with Crippen LogP contribution >= 0.6 is 0 Å². The summed E-state index contributed by atoms with van der Waals surface area (Å²) in [6.45, 7) is 0. The van der Waals surface area contributed by atoms with E-state index >= 15 is 0 Å². The van der Waals surface area contributed by atoms with Gasteiger partial charge in [-0.1, -0.05) is 24.3 Å². The Kier molecular flexibility index (Phi) is 4.01. The van der Waals surface area contributed by atoms with Crippen LogP contribution in [-0.4, -0.2) is 8.42 Å². The molecular formula is C20H18F3NO2S. The minimum Gasteiger partial charge on any atom is -0.225 e. The van der Waals surface area contributed by atoms with E-state index in [1.807, 2.05) is 0 Å². The van der Waals surface area contributed by atoms with Crippen LogP contribution < -0.4 is 5.14 Å². The molecule has 2 aliphatic carbocycles. The Morgan fingerprint density at radius 1 is 0.815 bits per heavy atom. The largest absolute Gasteiger partial charge is 0.416 e. The number of rotatable bonds is 3. The summed E-state index contributed by atoms with van der Waals surface area (Å²) in [4.78, 5) is 0.0436. The zero-order valence-corrected chi connectivity index (χ0v) is 15.2. The number of hydrogen-bond acceptors (Lipinski definition) is 2. The third-order valence-electron chi connectivity index (χ3n) is 5.52. The monoisotopic (exact) mass is 393 g/mol. The third-order valence-corrected chi connectivity index (χ3v) is 6.45. The summed E-state index contributed by atoms with van der Waals surface area (Å²) < 4.78 is 61.4. The molecular weight excluding hydrogens is 375 g/mol. The maximum Gasteiger partial charge on any atom is 0.416 e. The first-order chi connectivity index (χ1) is 12.6. The van der Waals surface area contributed by atoms with Crippen molar-refractivity contribution in [3.8, 4) is 0 Å². The lowest BCUT2D eigenvalue weighted by molar-refractivity contribution is -0.137. The molecule has 0 radical (unpaired) electrons. The van der Waals surface area contributed by atoms with E-state index in [9.17, 15) is 21.6 Å². The minimum absolute atomic E-state index is 0.0436. The van der Waals surface area contributed by atoms with Gasteiger partial charge in [0, 0.05) is 0 Å². The number of sulfonamides is 1. The molecule has 2 aromatic rings. The molecule has 1 spiro atoms. The molecule has 1 saturated carbocycles. The lowest BCUT2D eigenvalue weighted by Crippen LogP contribution is -2.11. The Morgan fingerprint density at radius 3 is 1.63 bits per heavy atom. The summed E-state index contributed by atoms with van der Waals surface area (Å²) in [6.07, 6.45) is -0.443. The van der Waals surface area contributed by atoms with E-state index in [0.717, 1.165) is 60.1 Å². The van der Waals surface area contributed by atoms with Gasteiger partial charge in [-0.25, -0.2) is 13.6 Å². The van der Waals surface area contributed by atoms with Crippen molar-refractivity contribution in [3.05, 3.63) is 65.2 Å². The van der Waals surface area contributed by atoms with Crippen LogP contribution in [0.15, 0.2) is 53.4 Å². The molecule has 2 aliphatic rings. The Labute approximate surface area is 155 Å². The van der Waals surface area contributed by atoms with E-state index in [4.69, 9.17) is 5.14 Å². The van der Waals surface area contributed by atoms with Crippen LogP contribution in [0.4, 0.5) is 13.2 Å². The highest BCUT2D eigenvalue weighted by atomic mass is 32.2. The van der Waals surface area contributed by atoms with Crippen molar-refractivity contribution in [1.82, 2.24) is 0 Å². The number of nitrogens with two attached hydrogens (primary N) is 1. The van der Waals surface area contributed by atoms with Gasteiger partial charge < -0.3 is 0 Å². The molecule has 2 aromatic carbocycles. The van der Waals surface area contributed by atoms with Crippen molar-refractivity contribution >= 4 is 21.2 Å². The van der Waals surface area contributed by atoms with Crippen molar-refractivity contribution in [3.63, 3.8) is 0 Å². The molecule has 0 saturated heterocycles. The molecule has 2 N–H and O–H groups in total. The standard InChI is InChI=1S/C20H18F3NO2S/c21-20(22,23)15-5-1-13(2-6-15)17-11-19(9-10-19)12-18(17)14-3-7-16(8-4-14)27(24,25)26/h1-8H,9-12H2,(H2,24,25,26). The van der Waals surface area contributed by atoms with Crippen LogP contribution in [0.25, 0.3) is 11.1 Å². The van der Waals surface area contributed by atoms with Crippen molar-refractivity contribution in [1.29, 1.82) is 0 Å². The fourth-order valence-electron chi connectivity index (χ4n) is 3.81. The summed E-state index contributed by atoms with van der Waals surface area (Å²) in [5, 5.41) is 5.15. The molecule has 1 fully saturated rings. The number of primary sulfonamides is 1. The smallest absolute Gasteiger partial charge is 0.225 e. The van der Waals surface area contributed by atoms with Gasteiger partial charge in [0.25, 0.3) is 0 Å². The van der Waals surface area contributed by atoms with Gasteiger partial charge in [-0.3, -0.25) is 0 Å². The maximum absolute atomic E-state index is 12.8. The van der Waals surface area contributed by atoms with Crippen LogP contribution in [0.2, 0.25) is 0 Å². The van der Waals surface area contributed by atoms with Gasteiger partial charge in [0.15, 0.2) is 0 Å². The van der Waals surface area contributed by atoms with Crippen LogP contribution in [0.1, 0.15) is 42.4 Å². The summed E-state index contributed by atoms with van der Waals surface area (Å²) in [5.41, 5.74) is 3.35. The van der Waals surface area contributed by atoms with Gasteiger partial charge in [0.2, 0.25) is 10.0 Å². The van der Waals surface area contributed by atoms with Gasteiger partial charge in [-0.2, -0.15) is 13.2 Å². The van der Waals surface area contributed by atoms with Gasteiger partial charge in [-0.15, -0.1) is 0 Å². The fraction of sp³-hybridized carbons (Fsp3) is 0.300. The number of benzene rings is 2. The van der Waals surface area contributed by atoms with Gasteiger partial charge >= 0.3 is 6.18 Å². The average molecular weight is 393 g/mol. The van der Waals surface area contributed by atoms with Gasteiger partial charge in [-0.05, 0) is 77.6 Å². The zero-order valence-electron chi connectivity index (χ0n) is 14.4. The number of halogens is 3. The lowest BCUT2D eigenvalue weighted by atomic mass is 9.96. The molecule has 0 aliphatic heterocycles. The average Bonchev–Trinajstić information content (AvgIpc) is 3.24. The Hall–Kier alpha value is -2.12. The van der Waals surface area contributed by atoms with Crippen molar-refractivity contribution < 1.29 is 21.6 Å². The number of alkyl halides is 3. The molecule has 3 nitrogen and oxygen atoms in total. The first-order valence-electron chi connectivity index (χ1n) is 8.60. The van der Waals surface area contributed by atoms with Crippen LogP contribution in [0.3, 0.4) is 0 Å². The second kappa shape index (κ2) is 5.94. The quantitative estimate of drug-likeness (QED) is 0.811. The molecule has 0 amide bonds. The predicted molar refractivity (Wildman–Crippen MR) is 97.0 cm³/mol. The SMILES string of the molecule is NS(=O)(=O)c1ccc(C2=C(c3ccc(C(F)(F)F)cc3)CC3(CC3)C2)cc1. The van der Waals surface area contributed by atoms with E-state index in [1.165, 1.54) is 24.3 Å². The van der Waals surface area contributed by atoms with E-state index in [1.54, 1.807) is 12.1 Å². The molecule has 27 heavy (non-hydrogen) atoms. The first-order valence-corrected chi connectivity index (χ1v) is 10.2. The Bertz CT molecular complexity index is 1020. The Morgan fingerprint density at radius 2 is 1.26 bits per heavy atom.